The van der Waals surface area contributed by atoms with Crippen LogP contribution in [0, 0.1) is 0 Å². The van der Waals surface area contributed by atoms with Crippen molar-refractivity contribution >= 4 is 17.9 Å². The van der Waals surface area contributed by atoms with Gasteiger partial charge in [0.15, 0.2) is 6.10 Å². The summed E-state index contributed by atoms with van der Waals surface area (Å²) in [6, 6.07) is 0. The van der Waals surface area contributed by atoms with Gasteiger partial charge in [0.05, 0.1) is 0 Å². The molecule has 6 nitrogen and oxygen atoms in total. The van der Waals surface area contributed by atoms with E-state index in [0.717, 1.165) is 122 Å². The molecule has 0 radical (unpaired) electrons. The minimum atomic E-state index is -0.812. The van der Waals surface area contributed by atoms with Crippen LogP contribution in [0.4, 0.5) is 0 Å². The molecule has 0 amide bonds. The molecular weight excluding hydrogens is 781 g/mol. The number of unbranched alkanes of at least 4 members (excludes halogenated alkanes) is 15. The largest absolute Gasteiger partial charge is 0.462 e. The van der Waals surface area contributed by atoms with E-state index in [0.29, 0.717) is 19.3 Å². The maximum atomic E-state index is 12.8. The number of allylic oxidation sites excluding steroid dienone is 18. The van der Waals surface area contributed by atoms with E-state index in [4.69, 9.17) is 14.2 Å². The Labute approximate surface area is 387 Å². The molecule has 0 aliphatic carbocycles. The van der Waals surface area contributed by atoms with Gasteiger partial charge in [-0.3, -0.25) is 14.4 Å². The summed E-state index contributed by atoms with van der Waals surface area (Å²) in [4.78, 5) is 37.9. The third kappa shape index (κ3) is 49.0. The van der Waals surface area contributed by atoms with E-state index in [1.165, 1.54) is 51.4 Å². The van der Waals surface area contributed by atoms with Crippen LogP contribution in [0.2, 0.25) is 0 Å². The van der Waals surface area contributed by atoms with E-state index in [1.807, 2.05) is 0 Å². The number of carbonyl (C=O) groups is 3. The standard InChI is InChI=1S/C57H92O6/c1-4-7-10-13-16-19-22-24-26-27-28-29-31-33-36-38-41-44-47-50-56(59)62-53-54(63-57(60)51-48-45-42-39-34-21-18-15-12-9-6-3)52-61-55(58)49-46-43-40-37-35-32-30-25-23-20-17-14-11-8-5-2/h7,10,15-20,24-26,28-30,33,35-37,54H,4-6,8-9,11-14,21-23,27,31-32,34,38-53H2,1-3H3/b10-7-,18-15-,19-16-,20-17-,26-24-,29-28-,30-25-,36-33-,37-35-/t54-/m0/s1. The molecule has 0 aromatic carbocycles. The molecule has 0 heterocycles. The molecule has 0 aliphatic rings. The zero-order valence-electron chi connectivity index (χ0n) is 40.5. The van der Waals surface area contributed by atoms with E-state index in [1.54, 1.807) is 0 Å². The fourth-order valence-corrected chi connectivity index (χ4v) is 6.39. The van der Waals surface area contributed by atoms with Gasteiger partial charge >= 0.3 is 17.9 Å². The van der Waals surface area contributed by atoms with E-state index >= 15 is 0 Å². The van der Waals surface area contributed by atoms with Crippen LogP contribution in [0.5, 0.6) is 0 Å². The van der Waals surface area contributed by atoms with Crippen molar-refractivity contribution in [2.45, 2.75) is 219 Å². The molecule has 0 aromatic heterocycles. The van der Waals surface area contributed by atoms with Gasteiger partial charge in [-0.25, -0.2) is 0 Å². The lowest BCUT2D eigenvalue weighted by atomic mass is 10.1. The van der Waals surface area contributed by atoms with Crippen molar-refractivity contribution in [3.63, 3.8) is 0 Å². The molecule has 0 unspecified atom stereocenters. The van der Waals surface area contributed by atoms with Gasteiger partial charge < -0.3 is 14.2 Å². The Morgan fingerprint density at radius 3 is 1.08 bits per heavy atom. The lowest BCUT2D eigenvalue weighted by Crippen LogP contribution is -2.30. The first-order valence-corrected chi connectivity index (χ1v) is 25.4. The molecule has 0 aromatic rings. The van der Waals surface area contributed by atoms with Gasteiger partial charge in [0.2, 0.25) is 0 Å². The average molecular weight is 873 g/mol. The smallest absolute Gasteiger partial charge is 0.306 e. The number of esters is 3. The number of ether oxygens (including phenoxy) is 3. The minimum absolute atomic E-state index is 0.113. The molecule has 0 fully saturated rings. The highest BCUT2D eigenvalue weighted by atomic mass is 16.6. The van der Waals surface area contributed by atoms with Crippen LogP contribution >= 0.6 is 0 Å². The molecule has 0 saturated heterocycles. The predicted molar refractivity (Wildman–Crippen MR) is 270 cm³/mol. The third-order valence-corrected chi connectivity index (χ3v) is 10.2. The van der Waals surface area contributed by atoms with Crippen LogP contribution in [-0.4, -0.2) is 37.2 Å². The maximum Gasteiger partial charge on any atom is 0.306 e. The molecule has 0 spiro atoms. The van der Waals surface area contributed by atoms with Crippen LogP contribution in [0.25, 0.3) is 0 Å². The zero-order valence-corrected chi connectivity index (χ0v) is 40.5. The Morgan fingerprint density at radius 1 is 0.333 bits per heavy atom. The zero-order chi connectivity index (χ0) is 45.8. The molecule has 356 valence electrons. The Hall–Kier alpha value is -3.93. The first kappa shape index (κ1) is 59.1. The Balaban J connectivity index is 4.50. The van der Waals surface area contributed by atoms with Gasteiger partial charge in [0.1, 0.15) is 13.2 Å². The van der Waals surface area contributed by atoms with Crippen molar-refractivity contribution in [2.24, 2.45) is 0 Å². The lowest BCUT2D eigenvalue weighted by Gasteiger charge is -2.18. The molecule has 0 aliphatic heterocycles. The lowest BCUT2D eigenvalue weighted by molar-refractivity contribution is -0.167. The Morgan fingerprint density at radius 2 is 0.635 bits per heavy atom. The molecule has 6 heteroatoms. The molecule has 0 bridgehead atoms. The summed E-state index contributed by atoms with van der Waals surface area (Å²) >= 11 is 0. The number of hydrogen-bond donors (Lipinski definition) is 0. The van der Waals surface area contributed by atoms with Crippen molar-refractivity contribution in [3.05, 3.63) is 109 Å². The van der Waals surface area contributed by atoms with E-state index < -0.39 is 6.10 Å². The van der Waals surface area contributed by atoms with Gasteiger partial charge in [-0.1, -0.05) is 182 Å². The molecule has 0 rings (SSSR count). The van der Waals surface area contributed by atoms with E-state index in [-0.39, 0.29) is 31.1 Å². The number of rotatable bonds is 44. The first-order valence-electron chi connectivity index (χ1n) is 25.4. The van der Waals surface area contributed by atoms with Crippen LogP contribution in [0.15, 0.2) is 109 Å². The Kier molecular flexibility index (Phi) is 47.5. The van der Waals surface area contributed by atoms with Gasteiger partial charge in [-0.15, -0.1) is 0 Å². The summed E-state index contributed by atoms with van der Waals surface area (Å²) in [7, 11) is 0. The molecule has 63 heavy (non-hydrogen) atoms. The van der Waals surface area contributed by atoms with E-state index in [9.17, 15) is 14.4 Å². The average Bonchev–Trinajstić information content (AvgIpc) is 3.28. The summed E-state index contributed by atoms with van der Waals surface area (Å²) in [5, 5.41) is 0. The second-order valence-electron chi connectivity index (χ2n) is 16.3. The number of hydrogen-bond acceptors (Lipinski definition) is 6. The van der Waals surface area contributed by atoms with Crippen LogP contribution in [-0.2, 0) is 28.6 Å². The van der Waals surface area contributed by atoms with Crippen molar-refractivity contribution in [1.29, 1.82) is 0 Å². The van der Waals surface area contributed by atoms with Gasteiger partial charge in [0.25, 0.3) is 0 Å². The van der Waals surface area contributed by atoms with Crippen molar-refractivity contribution in [1.82, 2.24) is 0 Å². The highest BCUT2D eigenvalue weighted by Crippen LogP contribution is 2.12. The van der Waals surface area contributed by atoms with Crippen molar-refractivity contribution in [3.8, 4) is 0 Å². The van der Waals surface area contributed by atoms with Crippen LogP contribution in [0.3, 0.4) is 0 Å². The predicted octanol–water partition coefficient (Wildman–Crippen LogP) is 16.8. The quantitative estimate of drug-likeness (QED) is 0.0263. The third-order valence-electron chi connectivity index (χ3n) is 10.2. The van der Waals surface area contributed by atoms with Gasteiger partial charge in [0, 0.05) is 19.3 Å². The molecule has 0 N–H and O–H groups in total. The molecule has 1 atom stereocenters. The van der Waals surface area contributed by atoms with Crippen LogP contribution in [0.1, 0.15) is 213 Å². The van der Waals surface area contributed by atoms with Crippen molar-refractivity contribution < 1.29 is 28.6 Å². The van der Waals surface area contributed by atoms with E-state index in [2.05, 4.69) is 130 Å². The topological polar surface area (TPSA) is 78.9 Å². The SMILES string of the molecule is CC/C=C\C/C=C\C/C=C\C/C=C\C/C=C\CCCCCC(=O)OC[C@H](COC(=O)CCCC/C=C\C/C=C\C/C=C\CCCCC)OC(=O)CCCCCCC/C=C\CCCC. The fraction of sp³-hybridized carbons (Fsp3) is 0.632. The highest BCUT2D eigenvalue weighted by molar-refractivity contribution is 5.71. The maximum absolute atomic E-state index is 12.8. The second-order valence-corrected chi connectivity index (χ2v) is 16.3. The Bertz CT molecular complexity index is 1330. The van der Waals surface area contributed by atoms with Crippen LogP contribution < -0.4 is 0 Å². The van der Waals surface area contributed by atoms with Gasteiger partial charge in [-0.2, -0.15) is 0 Å². The molecular formula is C57H92O6. The minimum Gasteiger partial charge on any atom is -0.462 e. The summed E-state index contributed by atoms with van der Waals surface area (Å²) in [6.45, 7) is 6.37. The summed E-state index contributed by atoms with van der Waals surface area (Å²) in [6.07, 6.45) is 67.9. The first-order chi connectivity index (χ1) is 31.0. The normalized spacial score (nSPS) is 13.0. The summed E-state index contributed by atoms with van der Waals surface area (Å²) < 4.78 is 16.7. The van der Waals surface area contributed by atoms with Gasteiger partial charge in [-0.05, 0) is 122 Å². The summed E-state index contributed by atoms with van der Waals surface area (Å²) in [5.41, 5.74) is 0. The fourth-order valence-electron chi connectivity index (χ4n) is 6.39. The highest BCUT2D eigenvalue weighted by Gasteiger charge is 2.19. The monoisotopic (exact) mass is 873 g/mol. The number of carbonyl (C=O) groups excluding carboxylic acids is 3. The summed E-state index contributed by atoms with van der Waals surface area (Å²) in [5.74, 6) is -0.998. The molecule has 0 saturated carbocycles. The second kappa shape index (κ2) is 50.7. The van der Waals surface area contributed by atoms with Crippen molar-refractivity contribution in [2.75, 3.05) is 13.2 Å².